The predicted molar refractivity (Wildman–Crippen MR) is 134 cm³/mol. The Balaban J connectivity index is 1.41. The molecule has 0 unspecified atom stereocenters. The van der Waals surface area contributed by atoms with Crippen LogP contribution in [0.5, 0.6) is 17.2 Å². The number of carbonyl (C=O) groups excluding carboxylic acids is 2. The molecular weight excluding hydrogens is 468 g/mol. The van der Waals surface area contributed by atoms with Gasteiger partial charge in [-0.1, -0.05) is 30.7 Å². The second-order valence-electron chi connectivity index (χ2n) is 9.41. The van der Waals surface area contributed by atoms with Crippen molar-refractivity contribution in [3.63, 3.8) is 0 Å². The van der Waals surface area contributed by atoms with E-state index >= 15 is 0 Å². The first-order valence-corrected chi connectivity index (χ1v) is 12.3. The third kappa shape index (κ3) is 3.96. The van der Waals surface area contributed by atoms with Gasteiger partial charge in [0, 0.05) is 36.0 Å². The number of benzene rings is 2. The van der Waals surface area contributed by atoms with Crippen LogP contribution in [0.4, 0.5) is 5.69 Å². The fraction of sp³-hybridized carbons (Fsp3) is 0.407. The van der Waals surface area contributed by atoms with Crippen molar-refractivity contribution in [1.82, 2.24) is 4.90 Å². The predicted octanol–water partition coefficient (Wildman–Crippen LogP) is 4.87. The zero-order chi connectivity index (χ0) is 24.7. The van der Waals surface area contributed by atoms with Gasteiger partial charge in [0.15, 0.2) is 5.75 Å². The number of anilines is 1. The fourth-order valence-electron chi connectivity index (χ4n) is 5.35. The van der Waals surface area contributed by atoms with E-state index in [-0.39, 0.29) is 22.1 Å². The summed E-state index contributed by atoms with van der Waals surface area (Å²) in [7, 11) is 2.92. The average molecular weight is 497 g/mol. The van der Waals surface area contributed by atoms with Gasteiger partial charge in [0.25, 0.3) is 0 Å². The third-order valence-electron chi connectivity index (χ3n) is 7.15. The number of nitrogens with one attached hydrogen (secondary N) is 1. The molecule has 0 amide bonds. The molecule has 2 heterocycles. The Morgan fingerprint density at radius 3 is 2.57 bits per heavy atom. The molecule has 2 aromatic carbocycles. The van der Waals surface area contributed by atoms with E-state index in [1.165, 1.54) is 44.8 Å². The number of allylic oxidation sites excluding steroid dienone is 1. The minimum absolute atomic E-state index is 0.132. The summed E-state index contributed by atoms with van der Waals surface area (Å²) < 4.78 is 16.8. The van der Waals surface area contributed by atoms with Gasteiger partial charge in [0.1, 0.15) is 22.1 Å². The van der Waals surface area contributed by atoms with Gasteiger partial charge in [-0.05, 0) is 50.0 Å². The van der Waals surface area contributed by atoms with Crippen LogP contribution in [-0.2, 0) is 11.3 Å². The zero-order valence-corrected chi connectivity index (χ0v) is 20.9. The summed E-state index contributed by atoms with van der Waals surface area (Å²) in [6.45, 7) is 5.03. The SMILES string of the molecule is COc1cc(OC)c2c(c1Cl)O[C@@]1(C(=O)C=C(Nc3cccc(CN4CCCC4)c3)C[C@H]1C)C2=O. The first kappa shape index (κ1) is 23.7. The number of carbonyl (C=O) groups is 2. The van der Waals surface area contributed by atoms with Gasteiger partial charge >= 0.3 is 0 Å². The molecule has 1 aliphatic carbocycles. The van der Waals surface area contributed by atoms with Crippen molar-refractivity contribution in [2.45, 2.75) is 38.3 Å². The lowest BCUT2D eigenvalue weighted by Gasteiger charge is -2.35. The van der Waals surface area contributed by atoms with Crippen LogP contribution in [0.1, 0.15) is 42.1 Å². The van der Waals surface area contributed by atoms with Crippen molar-refractivity contribution >= 4 is 28.9 Å². The number of fused-ring (bicyclic) bond motifs is 1. The molecule has 0 bridgehead atoms. The summed E-state index contributed by atoms with van der Waals surface area (Å²) in [4.78, 5) is 29.6. The maximum absolute atomic E-state index is 13.6. The van der Waals surface area contributed by atoms with Gasteiger partial charge in [0.05, 0.1) is 14.2 Å². The number of ether oxygens (including phenoxy) is 3. The number of hydrogen-bond acceptors (Lipinski definition) is 7. The van der Waals surface area contributed by atoms with Crippen LogP contribution in [0, 0.1) is 5.92 Å². The van der Waals surface area contributed by atoms with Crippen molar-refractivity contribution in [3.05, 3.63) is 58.3 Å². The number of ketones is 2. The van der Waals surface area contributed by atoms with Crippen molar-refractivity contribution in [2.75, 3.05) is 32.6 Å². The quantitative estimate of drug-likeness (QED) is 0.571. The second-order valence-corrected chi connectivity index (χ2v) is 9.79. The Morgan fingerprint density at radius 2 is 1.89 bits per heavy atom. The lowest BCUT2D eigenvalue weighted by molar-refractivity contribution is -0.129. The number of rotatable bonds is 6. The second kappa shape index (κ2) is 9.21. The van der Waals surface area contributed by atoms with Crippen LogP contribution in [0.3, 0.4) is 0 Å². The summed E-state index contributed by atoms with van der Waals surface area (Å²) in [5.41, 5.74) is 1.39. The number of hydrogen-bond donors (Lipinski definition) is 1. The maximum Gasteiger partial charge on any atom is 0.236 e. The van der Waals surface area contributed by atoms with E-state index in [0.29, 0.717) is 12.2 Å². The molecule has 0 saturated carbocycles. The maximum atomic E-state index is 13.6. The largest absolute Gasteiger partial charge is 0.496 e. The van der Waals surface area contributed by atoms with E-state index in [1.807, 2.05) is 19.1 Å². The Bertz CT molecular complexity index is 1220. The molecule has 35 heavy (non-hydrogen) atoms. The fourth-order valence-corrected chi connectivity index (χ4v) is 5.61. The standard InChI is InChI=1S/C27H29ClN2O5/c1-16-11-19(29-18-8-6-7-17(12-18)15-30-9-4-5-10-30)13-22(31)27(16)26(32)23-20(33-2)14-21(34-3)24(28)25(23)35-27/h6-8,12-14,16,29H,4-5,9-11,15H2,1-3H3/t16-,27+/m1/s1. The minimum Gasteiger partial charge on any atom is -0.496 e. The van der Waals surface area contributed by atoms with E-state index in [1.54, 1.807) is 0 Å². The van der Waals surface area contributed by atoms with Gasteiger partial charge in [-0.3, -0.25) is 14.5 Å². The molecular formula is C27H29ClN2O5. The van der Waals surface area contributed by atoms with Crippen molar-refractivity contribution in [1.29, 1.82) is 0 Å². The van der Waals surface area contributed by atoms with Gasteiger partial charge in [-0.25, -0.2) is 0 Å². The molecule has 0 radical (unpaired) electrons. The molecule has 2 atom stereocenters. The molecule has 7 nitrogen and oxygen atoms in total. The van der Waals surface area contributed by atoms with Crippen LogP contribution in [0.25, 0.3) is 0 Å². The summed E-state index contributed by atoms with van der Waals surface area (Å²) in [5, 5.41) is 3.53. The van der Waals surface area contributed by atoms with Crippen LogP contribution in [-0.4, -0.2) is 49.4 Å². The highest BCUT2D eigenvalue weighted by atomic mass is 35.5. The highest BCUT2D eigenvalue weighted by Gasteiger charge is 2.60. The van der Waals surface area contributed by atoms with Crippen molar-refractivity contribution in [3.8, 4) is 17.2 Å². The number of nitrogens with zero attached hydrogens (tertiary/aromatic N) is 1. The van der Waals surface area contributed by atoms with Crippen LogP contribution in [0.2, 0.25) is 5.02 Å². The summed E-state index contributed by atoms with van der Waals surface area (Å²) in [6, 6.07) is 9.78. The number of Topliss-reactive ketones (excluding diaryl/α,β-unsaturated/α-hetero) is 1. The summed E-state index contributed by atoms with van der Waals surface area (Å²) in [6.07, 6.45) is 4.44. The Labute approximate surface area is 210 Å². The van der Waals surface area contributed by atoms with Crippen LogP contribution < -0.4 is 19.5 Å². The molecule has 8 heteroatoms. The third-order valence-corrected chi connectivity index (χ3v) is 7.50. The van der Waals surface area contributed by atoms with Gasteiger partial charge in [-0.2, -0.15) is 0 Å². The van der Waals surface area contributed by atoms with Gasteiger partial charge < -0.3 is 19.5 Å². The Morgan fingerprint density at radius 1 is 1.14 bits per heavy atom. The Kier molecular flexibility index (Phi) is 6.23. The Hall–Kier alpha value is -3.03. The molecule has 1 fully saturated rings. The van der Waals surface area contributed by atoms with Gasteiger partial charge in [-0.15, -0.1) is 0 Å². The molecule has 184 valence electrons. The molecule has 1 spiro atoms. The van der Waals surface area contributed by atoms with E-state index in [0.717, 1.165) is 31.0 Å². The van der Waals surface area contributed by atoms with E-state index in [9.17, 15) is 9.59 Å². The smallest absolute Gasteiger partial charge is 0.236 e. The minimum atomic E-state index is -1.67. The lowest BCUT2D eigenvalue weighted by atomic mass is 9.74. The highest BCUT2D eigenvalue weighted by Crippen LogP contribution is 2.53. The average Bonchev–Trinajstić information content (AvgIpc) is 3.46. The monoisotopic (exact) mass is 496 g/mol. The summed E-state index contributed by atoms with van der Waals surface area (Å²) in [5.74, 6) is -0.561. The number of methoxy groups -OCH3 is 2. The lowest BCUT2D eigenvalue weighted by Crippen LogP contribution is -2.55. The molecule has 2 aliphatic heterocycles. The normalized spacial score (nSPS) is 23.8. The molecule has 5 rings (SSSR count). The van der Waals surface area contributed by atoms with Crippen molar-refractivity contribution in [2.24, 2.45) is 5.92 Å². The van der Waals surface area contributed by atoms with Crippen LogP contribution >= 0.6 is 11.6 Å². The highest BCUT2D eigenvalue weighted by molar-refractivity contribution is 6.36. The van der Waals surface area contributed by atoms with E-state index in [4.69, 9.17) is 25.8 Å². The van der Waals surface area contributed by atoms with E-state index < -0.39 is 23.1 Å². The summed E-state index contributed by atoms with van der Waals surface area (Å²) >= 11 is 6.46. The van der Waals surface area contributed by atoms with Crippen molar-refractivity contribution < 1.29 is 23.8 Å². The number of halogens is 1. The van der Waals surface area contributed by atoms with E-state index in [2.05, 4.69) is 22.3 Å². The zero-order valence-electron chi connectivity index (χ0n) is 20.2. The first-order valence-electron chi connectivity index (χ1n) is 11.9. The molecule has 1 saturated heterocycles. The van der Waals surface area contributed by atoms with Gasteiger partial charge in [0.2, 0.25) is 17.2 Å². The molecule has 2 aromatic rings. The molecule has 1 N–H and O–H groups in total. The topological polar surface area (TPSA) is 77.1 Å². The molecule has 0 aromatic heterocycles. The van der Waals surface area contributed by atoms with Crippen LogP contribution in [0.15, 0.2) is 42.1 Å². The first-order chi connectivity index (χ1) is 16.9. The molecule has 3 aliphatic rings. The number of likely N-dealkylation sites (tertiary alicyclic amines) is 1.